The molecule has 218 valence electrons. The molecule has 11 heteroatoms. The molecule has 1 aromatic heterocycles. The molecule has 0 radical (unpaired) electrons. The number of halogens is 3. The Bertz CT molecular complexity index is 1200. The van der Waals surface area contributed by atoms with Gasteiger partial charge in [-0.05, 0) is 80.0 Å². The second kappa shape index (κ2) is 11.8. The van der Waals surface area contributed by atoms with Crippen LogP contribution >= 0.6 is 0 Å². The number of nitrogens with one attached hydrogen (secondary N) is 2. The van der Waals surface area contributed by atoms with Crippen LogP contribution in [0.2, 0.25) is 0 Å². The maximum absolute atomic E-state index is 12.9. The molecule has 0 spiro atoms. The summed E-state index contributed by atoms with van der Waals surface area (Å²) in [6, 6.07) is 9.43. The molecule has 0 saturated carbocycles. The average Bonchev–Trinajstić information content (AvgIpc) is 3.37. The van der Waals surface area contributed by atoms with Crippen LogP contribution in [0.3, 0.4) is 0 Å². The summed E-state index contributed by atoms with van der Waals surface area (Å²) >= 11 is 0. The molecule has 2 amide bonds. The maximum Gasteiger partial charge on any atom is 0.389 e. The number of hydrogen-bond acceptors (Lipinski definition) is 6. The van der Waals surface area contributed by atoms with E-state index in [0.29, 0.717) is 45.1 Å². The van der Waals surface area contributed by atoms with Crippen LogP contribution in [0.5, 0.6) is 0 Å². The molecular weight excluding hydrogens is 523 g/mol. The molecule has 3 aliphatic rings. The molecule has 5 rings (SSSR count). The van der Waals surface area contributed by atoms with Gasteiger partial charge in [-0.25, -0.2) is 9.78 Å². The summed E-state index contributed by atoms with van der Waals surface area (Å²) in [6.45, 7) is 8.83. The Balaban J connectivity index is 1.38. The van der Waals surface area contributed by atoms with Gasteiger partial charge < -0.3 is 29.9 Å². The van der Waals surface area contributed by atoms with E-state index in [2.05, 4.69) is 28.5 Å². The minimum Gasteiger partial charge on any atom is -0.381 e. The summed E-state index contributed by atoms with van der Waals surface area (Å²) in [7, 11) is 0. The van der Waals surface area contributed by atoms with Crippen LogP contribution in [0.4, 0.5) is 35.3 Å². The molecule has 1 aromatic carbocycles. The van der Waals surface area contributed by atoms with Crippen LogP contribution in [0, 0.1) is 12.8 Å². The number of carbonyl (C=O) groups is 1. The van der Waals surface area contributed by atoms with Crippen molar-refractivity contribution in [3.63, 3.8) is 0 Å². The topological polar surface area (TPSA) is 79.0 Å². The lowest BCUT2D eigenvalue weighted by Gasteiger charge is -2.35. The fourth-order valence-corrected chi connectivity index (χ4v) is 5.67. The third-order valence-corrected chi connectivity index (χ3v) is 8.07. The SMILES string of the molecule is Cc1ccc(NC(=O)N2CC[C@@H](CC(F)(F)F)C2)cc1-c1cc(NC2(C)CCOCC2)nc(N2CCOCC2)c1. The van der Waals surface area contributed by atoms with Crippen molar-refractivity contribution in [2.75, 3.05) is 68.1 Å². The highest BCUT2D eigenvalue weighted by Gasteiger charge is 2.36. The van der Waals surface area contributed by atoms with E-state index in [1.807, 2.05) is 31.2 Å². The Morgan fingerprint density at radius 1 is 1.07 bits per heavy atom. The molecule has 3 saturated heterocycles. The first kappa shape index (κ1) is 28.5. The zero-order valence-electron chi connectivity index (χ0n) is 23.1. The number of benzene rings is 1. The summed E-state index contributed by atoms with van der Waals surface area (Å²) in [5, 5.41) is 6.57. The number of rotatable bonds is 6. The fourth-order valence-electron chi connectivity index (χ4n) is 5.67. The van der Waals surface area contributed by atoms with E-state index in [1.165, 1.54) is 4.90 Å². The van der Waals surface area contributed by atoms with Gasteiger partial charge in [0.1, 0.15) is 11.6 Å². The van der Waals surface area contributed by atoms with Gasteiger partial charge in [-0.2, -0.15) is 13.2 Å². The molecule has 0 bridgehead atoms. The zero-order chi connectivity index (χ0) is 28.3. The molecule has 0 aliphatic carbocycles. The van der Waals surface area contributed by atoms with E-state index in [-0.39, 0.29) is 18.1 Å². The van der Waals surface area contributed by atoms with Gasteiger partial charge >= 0.3 is 12.2 Å². The standard InChI is InChI=1S/C29H38F3N5O3/c1-20-3-4-23(33-27(38)37-8-5-21(19-37)18-29(30,31)32)17-24(20)22-15-25(35-28(2)6-11-39-12-7-28)34-26(16-22)36-9-13-40-14-10-36/h3-4,15-17,21H,5-14,18-19H2,1-2H3,(H,33,38)(H,34,35)/t21-/m0/s1. The summed E-state index contributed by atoms with van der Waals surface area (Å²) < 4.78 is 49.6. The molecule has 8 nitrogen and oxygen atoms in total. The van der Waals surface area contributed by atoms with E-state index in [1.54, 1.807) is 0 Å². The predicted octanol–water partition coefficient (Wildman–Crippen LogP) is 5.68. The van der Waals surface area contributed by atoms with Gasteiger partial charge in [0.05, 0.1) is 13.2 Å². The van der Waals surface area contributed by atoms with E-state index in [9.17, 15) is 18.0 Å². The number of nitrogens with zero attached hydrogens (tertiary/aromatic N) is 3. The van der Waals surface area contributed by atoms with E-state index in [4.69, 9.17) is 14.5 Å². The third kappa shape index (κ3) is 7.17. The highest BCUT2D eigenvalue weighted by Crippen LogP contribution is 2.34. The van der Waals surface area contributed by atoms with Gasteiger partial charge in [-0.3, -0.25) is 0 Å². The molecule has 40 heavy (non-hydrogen) atoms. The lowest BCUT2D eigenvalue weighted by Crippen LogP contribution is -2.41. The van der Waals surface area contributed by atoms with Gasteiger partial charge in [-0.15, -0.1) is 0 Å². The number of likely N-dealkylation sites (tertiary alicyclic amines) is 1. The monoisotopic (exact) mass is 561 g/mol. The minimum atomic E-state index is -4.22. The largest absolute Gasteiger partial charge is 0.389 e. The third-order valence-electron chi connectivity index (χ3n) is 8.07. The van der Waals surface area contributed by atoms with Gasteiger partial charge in [-0.1, -0.05) is 6.07 Å². The van der Waals surface area contributed by atoms with Crippen molar-refractivity contribution in [2.45, 2.75) is 51.2 Å². The molecular formula is C29H38F3N5O3. The van der Waals surface area contributed by atoms with E-state index >= 15 is 0 Å². The number of morpholine rings is 1. The van der Waals surface area contributed by atoms with Crippen LogP contribution in [0.15, 0.2) is 30.3 Å². The summed E-state index contributed by atoms with van der Waals surface area (Å²) in [5.74, 6) is 1.09. The van der Waals surface area contributed by atoms with Crippen molar-refractivity contribution in [3.8, 4) is 11.1 Å². The average molecular weight is 562 g/mol. The molecule has 1 atom stereocenters. The lowest BCUT2D eigenvalue weighted by molar-refractivity contribution is -0.143. The van der Waals surface area contributed by atoms with Crippen molar-refractivity contribution in [3.05, 3.63) is 35.9 Å². The number of amides is 2. The van der Waals surface area contributed by atoms with Gasteiger partial charge in [0.2, 0.25) is 0 Å². The number of hydrogen-bond donors (Lipinski definition) is 2. The summed E-state index contributed by atoms with van der Waals surface area (Å²) in [6.07, 6.45) is -2.96. The second-order valence-corrected chi connectivity index (χ2v) is 11.4. The van der Waals surface area contributed by atoms with E-state index in [0.717, 1.165) is 54.3 Å². The molecule has 2 N–H and O–H groups in total. The molecule has 0 unspecified atom stereocenters. The quantitative estimate of drug-likeness (QED) is 0.473. The highest BCUT2D eigenvalue weighted by atomic mass is 19.4. The van der Waals surface area contributed by atoms with Crippen LogP contribution in [-0.4, -0.2) is 80.2 Å². The second-order valence-electron chi connectivity index (χ2n) is 11.4. The number of aromatic nitrogens is 1. The van der Waals surface area contributed by atoms with Crippen LogP contribution in [0.1, 0.15) is 38.2 Å². The zero-order valence-corrected chi connectivity index (χ0v) is 23.1. The van der Waals surface area contributed by atoms with Crippen molar-refractivity contribution >= 4 is 23.4 Å². The molecule has 4 heterocycles. The lowest BCUT2D eigenvalue weighted by atomic mass is 9.92. The molecule has 3 fully saturated rings. The Hall–Kier alpha value is -3.05. The van der Waals surface area contributed by atoms with Crippen LogP contribution < -0.4 is 15.5 Å². The van der Waals surface area contributed by atoms with Gasteiger partial charge in [0.15, 0.2) is 0 Å². The maximum atomic E-state index is 12.9. The normalized spacial score (nSPS) is 21.4. The van der Waals surface area contributed by atoms with Gasteiger partial charge in [0.25, 0.3) is 0 Å². The number of pyridine rings is 1. The highest BCUT2D eigenvalue weighted by molar-refractivity contribution is 5.91. The first-order valence-corrected chi connectivity index (χ1v) is 14.0. The minimum absolute atomic E-state index is 0.107. The smallest absolute Gasteiger partial charge is 0.381 e. The van der Waals surface area contributed by atoms with Crippen LogP contribution in [0.25, 0.3) is 11.1 Å². The molecule has 3 aliphatic heterocycles. The Kier molecular flexibility index (Phi) is 8.42. The van der Waals surface area contributed by atoms with Gasteiger partial charge in [0, 0.05) is 57.0 Å². The number of urea groups is 1. The molecule has 2 aromatic rings. The first-order valence-electron chi connectivity index (χ1n) is 14.0. The number of anilines is 3. The fraction of sp³-hybridized carbons (Fsp3) is 0.586. The van der Waals surface area contributed by atoms with Crippen molar-refractivity contribution < 1.29 is 27.4 Å². The summed E-state index contributed by atoms with van der Waals surface area (Å²) in [4.78, 5) is 21.6. The van der Waals surface area contributed by atoms with E-state index < -0.39 is 18.5 Å². The number of carbonyl (C=O) groups excluding carboxylic acids is 1. The van der Waals surface area contributed by atoms with Crippen molar-refractivity contribution in [1.82, 2.24) is 9.88 Å². The first-order chi connectivity index (χ1) is 19.1. The van der Waals surface area contributed by atoms with Crippen molar-refractivity contribution in [1.29, 1.82) is 0 Å². The Morgan fingerprint density at radius 3 is 2.52 bits per heavy atom. The van der Waals surface area contributed by atoms with Crippen molar-refractivity contribution in [2.24, 2.45) is 5.92 Å². The number of alkyl halides is 3. The Morgan fingerprint density at radius 2 is 1.80 bits per heavy atom. The summed E-state index contributed by atoms with van der Waals surface area (Å²) in [5.41, 5.74) is 3.42. The Labute approximate surface area is 233 Å². The number of ether oxygens (including phenoxy) is 2. The predicted molar refractivity (Wildman–Crippen MR) is 149 cm³/mol. The number of aryl methyl sites for hydroxylation is 1. The van der Waals surface area contributed by atoms with Crippen LogP contribution in [-0.2, 0) is 9.47 Å².